The molecule has 0 aliphatic rings. The summed E-state index contributed by atoms with van der Waals surface area (Å²) in [7, 11) is 1.07. The second-order valence-electron chi connectivity index (χ2n) is 7.18. The number of nitrogens with zero attached hydrogens (tertiary/aromatic N) is 3. The number of methoxy groups -OCH3 is 1. The van der Waals surface area contributed by atoms with Crippen molar-refractivity contribution in [1.82, 2.24) is 9.13 Å². The first-order chi connectivity index (χ1) is 14.6. The van der Waals surface area contributed by atoms with E-state index in [9.17, 15) is 24.5 Å². The van der Waals surface area contributed by atoms with Crippen LogP contribution >= 0.6 is 0 Å². The predicted octanol–water partition coefficient (Wildman–Crippen LogP) is 3.14. The van der Waals surface area contributed by atoms with E-state index in [0.29, 0.717) is 11.3 Å². The Kier molecular flexibility index (Phi) is 5.87. The largest absolute Gasteiger partial charge is 0.465 e. The molecule has 0 amide bonds. The Bertz CT molecular complexity index is 1270. The highest BCUT2D eigenvalue weighted by Gasteiger charge is 2.23. The fraction of sp³-hybridized carbons (Fsp3) is 0.227. The maximum atomic E-state index is 13.0. The van der Waals surface area contributed by atoms with Crippen LogP contribution in [0.15, 0.2) is 47.4 Å². The minimum atomic E-state index is -1.01. The lowest BCUT2D eigenvalue weighted by Crippen LogP contribution is -2.29. The average Bonchev–Trinajstić information content (AvgIpc) is 3.02. The van der Waals surface area contributed by atoms with Crippen molar-refractivity contribution in [3.05, 3.63) is 91.1 Å². The lowest BCUT2D eigenvalue weighted by molar-refractivity contribution is -0.385. The van der Waals surface area contributed by atoms with Gasteiger partial charge in [-0.05, 0) is 44.5 Å². The number of aromatic nitrogens is 2. The molecule has 0 aliphatic heterocycles. The van der Waals surface area contributed by atoms with Gasteiger partial charge in [0.1, 0.15) is 5.56 Å². The molecule has 0 bridgehead atoms. The highest BCUT2D eigenvalue weighted by Crippen LogP contribution is 2.22. The number of esters is 1. The quantitative estimate of drug-likeness (QED) is 0.260. The van der Waals surface area contributed by atoms with Crippen molar-refractivity contribution in [2.45, 2.75) is 27.3 Å². The maximum absolute atomic E-state index is 13.0. The van der Waals surface area contributed by atoms with E-state index in [1.54, 1.807) is 13.0 Å². The first-order valence-electron chi connectivity index (χ1n) is 9.40. The average molecular weight is 423 g/mol. The summed E-state index contributed by atoms with van der Waals surface area (Å²) < 4.78 is 7.32. The van der Waals surface area contributed by atoms with Crippen LogP contribution in [-0.2, 0) is 11.3 Å². The summed E-state index contributed by atoms with van der Waals surface area (Å²) in [5, 5.41) is 11.2. The monoisotopic (exact) mass is 423 g/mol. The van der Waals surface area contributed by atoms with Gasteiger partial charge in [-0.25, -0.2) is 4.79 Å². The van der Waals surface area contributed by atoms with Crippen molar-refractivity contribution in [2.24, 2.45) is 0 Å². The Morgan fingerprint density at radius 2 is 1.81 bits per heavy atom. The van der Waals surface area contributed by atoms with Gasteiger partial charge in [-0.15, -0.1) is 0 Å². The van der Waals surface area contributed by atoms with Crippen LogP contribution in [0, 0.1) is 30.9 Å². The molecule has 1 aromatic carbocycles. The molecule has 3 rings (SSSR count). The number of hydrogen-bond donors (Lipinski definition) is 0. The number of carbonyl (C=O) groups excluding carboxylic acids is 2. The van der Waals surface area contributed by atoms with Crippen molar-refractivity contribution in [2.75, 3.05) is 7.11 Å². The molecule has 9 nitrogen and oxygen atoms in total. The van der Waals surface area contributed by atoms with Crippen molar-refractivity contribution in [1.29, 1.82) is 0 Å². The van der Waals surface area contributed by atoms with Crippen LogP contribution in [0.3, 0.4) is 0 Å². The van der Waals surface area contributed by atoms with E-state index in [0.717, 1.165) is 40.9 Å². The Hall–Kier alpha value is -4.01. The number of rotatable bonds is 6. The molecule has 2 aromatic heterocycles. The number of benzene rings is 1. The third-order valence-corrected chi connectivity index (χ3v) is 4.99. The summed E-state index contributed by atoms with van der Waals surface area (Å²) in [4.78, 5) is 48.0. The molecule has 0 unspecified atom stereocenters. The summed E-state index contributed by atoms with van der Waals surface area (Å²) in [6.07, 6.45) is 0.951. The van der Waals surface area contributed by atoms with E-state index in [4.69, 9.17) is 0 Å². The molecule has 0 atom stereocenters. The molecule has 0 N–H and O–H groups in total. The molecule has 2 heterocycles. The number of ether oxygens (including phenoxy) is 1. The van der Waals surface area contributed by atoms with E-state index < -0.39 is 40.0 Å². The van der Waals surface area contributed by atoms with Crippen LogP contribution in [0.4, 0.5) is 5.69 Å². The van der Waals surface area contributed by atoms with Crippen LogP contribution < -0.4 is 5.56 Å². The van der Waals surface area contributed by atoms with Gasteiger partial charge in [0.15, 0.2) is 5.78 Å². The van der Waals surface area contributed by atoms with Crippen LogP contribution in [0.25, 0.3) is 5.69 Å². The van der Waals surface area contributed by atoms with Gasteiger partial charge in [0.2, 0.25) is 0 Å². The van der Waals surface area contributed by atoms with Crippen LogP contribution in [0.2, 0.25) is 0 Å². The number of pyridine rings is 1. The first-order valence-corrected chi connectivity index (χ1v) is 9.40. The zero-order chi connectivity index (χ0) is 22.9. The van der Waals surface area contributed by atoms with Crippen LogP contribution in [0.1, 0.15) is 37.7 Å². The molecule has 0 saturated carbocycles. The zero-order valence-corrected chi connectivity index (χ0v) is 17.5. The van der Waals surface area contributed by atoms with Gasteiger partial charge in [-0.2, -0.15) is 0 Å². The van der Waals surface area contributed by atoms with E-state index in [-0.39, 0.29) is 0 Å². The Balaban J connectivity index is 2.04. The Morgan fingerprint density at radius 3 is 2.42 bits per heavy atom. The molecule has 3 aromatic rings. The van der Waals surface area contributed by atoms with Gasteiger partial charge in [-0.3, -0.25) is 19.7 Å². The van der Waals surface area contributed by atoms with Crippen LogP contribution in [0.5, 0.6) is 0 Å². The summed E-state index contributed by atoms with van der Waals surface area (Å²) in [6.45, 7) is 5.17. The second kappa shape index (κ2) is 8.39. The highest BCUT2D eigenvalue weighted by atomic mass is 16.6. The van der Waals surface area contributed by atoms with E-state index in [2.05, 4.69) is 4.74 Å². The van der Waals surface area contributed by atoms with E-state index >= 15 is 0 Å². The summed E-state index contributed by atoms with van der Waals surface area (Å²) >= 11 is 0. The van der Waals surface area contributed by atoms with Crippen molar-refractivity contribution in [3.63, 3.8) is 0 Å². The third kappa shape index (κ3) is 4.16. The molecule has 9 heteroatoms. The number of aryl methyl sites for hydroxylation is 2. The predicted molar refractivity (Wildman–Crippen MR) is 113 cm³/mol. The summed E-state index contributed by atoms with van der Waals surface area (Å²) in [6, 6.07) is 10.4. The molecule has 0 fully saturated rings. The van der Waals surface area contributed by atoms with Gasteiger partial charge in [0, 0.05) is 28.7 Å². The Labute approximate surface area is 177 Å². The van der Waals surface area contributed by atoms with Crippen LogP contribution in [-0.4, -0.2) is 32.9 Å². The molecular formula is C22H21N3O6. The number of nitro groups is 1. The molecule has 160 valence electrons. The molecule has 31 heavy (non-hydrogen) atoms. The highest BCUT2D eigenvalue weighted by molar-refractivity contribution is 5.97. The Morgan fingerprint density at radius 1 is 1.10 bits per heavy atom. The van der Waals surface area contributed by atoms with Gasteiger partial charge in [-0.1, -0.05) is 12.1 Å². The molecule has 0 aliphatic carbocycles. The minimum Gasteiger partial charge on any atom is -0.465 e. The van der Waals surface area contributed by atoms with Crippen molar-refractivity contribution < 1.29 is 19.2 Å². The summed E-state index contributed by atoms with van der Waals surface area (Å²) in [5.41, 5.74) is 2.03. The third-order valence-electron chi connectivity index (χ3n) is 4.99. The zero-order valence-electron chi connectivity index (χ0n) is 17.5. The van der Waals surface area contributed by atoms with E-state index in [1.165, 1.54) is 0 Å². The lowest BCUT2D eigenvalue weighted by atomic mass is 10.1. The second-order valence-corrected chi connectivity index (χ2v) is 7.18. The molecule has 0 radical (unpaired) electrons. The van der Waals surface area contributed by atoms with E-state index in [1.807, 2.05) is 42.7 Å². The number of Topliss-reactive ketones (excluding diaryl/α,β-unsaturated/α-hetero) is 1. The standard InChI is InChI=1S/C22H21N3O6/c1-13-6-5-7-16(8-13)24-14(2)9-18(15(24)3)20(26)12-23-11-17(25(29)30)10-19(21(23)27)22(28)31-4/h5-11H,12H2,1-4H3. The van der Waals surface area contributed by atoms with Crippen molar-refractivity contribution >= 4 is 17.4 Å². The fourth-order valence-corrected chi connectivity index (χ4v) is 3.54. The molecular weight excluding hydrogens is 402 g/mol. The van der Waals surface area contributed by atoms with Gasteiger partial charge < -0.3 is 13.9 Å². The van der Waals surface area contributed by atoms with Crippen molar-refractivity contribution in [3.8, 4) is 5.69 Å². The lowest BCUT2D eigenvalue weighted by Gasteiger charge is -2.11. The number of carbonyl (C=O) groups is 2. The van der Waals surface area contributed by atoms with Gasteiger partial charge in [0.25, 0.3) is 11.2 Å². The topological polar surface area (TPSA) is 113 Å². The first kappa shape index (κ1) is 21.7. The number of hydrogen-bond acceptors (Lipinski definition) is 6. The normalized spacial score (nSPS) is 10.7. The van der Waals surface area contributed by atoms with Gasteiger partial charge >= 0.3 is 5.97 Å². The SMILES string of the molecule is COC(=O)c1cc([N+](=O)[O-])cn(CC(=O)c2cc(C)n(-c3cccc(C)c3)c2C)c1=O. The molecule has 0 saturated heterocycles. The smallest absolute Gasteiger partial charge is 0.343 e. The maximum Gasteiger partial charge on any atom is 0.343 e. The fourth-order valence-electron chi connectivity index (χ4n) is 3.54. The summed E-state index contributed by atoms with van der Waals surface area (Å²) in [5.74, 6) is -1.42. The molecule has 0 spiro atoms. The number of ketones is 1. The minimum absolute atomic E-state index is 0.386. The van der Waals surface area contributed by atoms with Gasteiger partial charge in [0.05, 0.1) is 24.8 Å².